The first-order chi connectivity index (χ1) is 6.20. The summed E-state index contributed by atoms with van der Waals surface area (Å²) in [4.78, 5) is 10.3. The van der Waals surface area contributed by atoms with Crippen LogP contribution in [0.5, 0.6) is 0 Å². The second kappa shape index (κ2) is 9.88. The van der Waals surface area contributed by atoms with Crippen LogP contribution in [0.15, 0.2) is 24.3 Å². The number of hydrogen-bond donors (Lipinski definition) is 1. The molecule has 0 fully saturated rings. The van der Waals surface area contributed by atoms with Gasteiger partial charge in [-0.25, -0.2) is 0 Å². The van der Waals surface area contributed by atoms with Crippen LogP contribution in [0.25, 0.3) is 0 Å². The largest absolute Gasteiger partial charge is 1.00 e. The molecule has 74 valence electrons. The summed E-state index contributed by atoms with van der Waals surface area (Å²) in [5.41, 5.74) is 2.50. The van der Waals surface area contributed by atoms with Gasteiger partial charge in [0, 0.05) is 6.42 Å². The van der Waals surface area contributed by atoms with E-state index in [0.29, 0.717) is 0 Å². The van der Waals surface area contributed by atoms with Crippen LogP contribution in [0.1, 0.15) is 26.8 Å². The molecule has 0 aliphatic carbocycles. The molecule has 0 amide bonds. The van der Waals surface area contributed by atoms with Crippen LogP contribution in [0.4, 0.5) is 0 Å². The first-order valence-electron chi connectivity index (χ1n) is 4.46. The maximum atomic E-state index is 10.3. The van der Waals surface area contributed by atoms with Gasteiger partial charge in [-0.2, -0.15) is 0 Å². The molecule has 1 aromatic rings. The molecule has 1 rings (SSSR count). The van der Waals surface area contributed by atoms with E-state index in [1.165, 1.54) is 11.1 Å². The molecule has 0 radical (unpaired) electrons. The number of aliphatic carboxylic acids is 1. The van der Waals surface area contributed by atoms with Gasteiger partial charge in [-0.15, -0.1) is 0 Å². The van der Waals surface area contributed by atoms with E-state index in [-0.39, 0.29) is 68.4 Å². The van der Waals surface area contributed by atoms with Crippen molar-refractivity contribution in [3.63, 3.8) is 0 Å². The molecule has 0 aliphatic rings. The second-order valence-corrected chi connectivity index (χ2v) is 3.17. The van der Waals surface area contributed by atoms with E-state index < -0.39 is 5.97 Å². The van der Waals surface area contributed by atoms with E-state index in [4.69, 9.17) is 5.11 Å². The molecule has 0 aromatic heterocycles. The summed E-state index contributed by atoms with van der Waals surface area (Å²) in [7, 11) is 0. The van der Waals surface area contributed by atoms with Crippen molar-refractivity contribution in [3.05, 3.63) is 35.4 Å². The van der Waals surface area contributed by atoms with Gasteiger partial charge >= 0.3 is 65.1 Å². The number of rotatable bonds is 4. The molecule has 0 atom stereocenters. The Labute approximate surface area is 138 Å². The zero-order valence-electron chi connectivity index (χ0n) is 11.8. The molecule has 0 aliphatic heterocycles. The van der Waals surface area contributed by atoms with Crippen molar-refractivity contribution in [3.8, 4) is 0 Å². The summed E-state index contributed by atoms with van der Waals surface area (Å²) in [6.07, 6.45) is 1.84. The zero-order valence-corrected chi connectivity index (χ0v) is 13.8. The van der Waals surface area contributed by atoms with E-state index >= 15 is 0 Å². The van der Waals surface area contributed by atoms with Gasteiger partial charge in [0.2, 0.25) is 0 Å². The minimum absolute atomic E-state index is 0. The van der Waals surface area contributed by atoms with E-state index in [9.17, 15) is 4.79 Å². The number of carboxylic acid groups (broad SMARTS) is 1. The van der Waals surface area contributed by atoms with Crippen molar-refractivity contribution in [1.29, 1.82) is 0 Å². The number of carboxylic acids is 1. The molecule has 0 saturated carbocycles. The Morgan fingerprint density at radius 2 is 1.93 bits per heavy atom. The maximum Gasteiger partial charge on any atom is 1.00 e. The number of benzene rings is 1. The normalized spacial score (nSPS) is 8.60. The zero-order chi connectivity index (χ0) is 9.68. The van der Waals surface area contributed by atoms with Crippen molar-refractivity contribution in [1.82, 2.24) is 0 Å². The number of hydrogen-bond acceptors (Lipinski definition) is 1. The Hall–Kier alpha value is 0.690. The predicted octanol–water partition coefficient (Wildman–Crippen LogP) is -3.36. The molecule has 0 bridgehead atoms. The van der Waals surface area contributed by atoms with Crippen molar-refractivity contribution in [2.24, 2.45) is 0 Å². The van der Waals surface area contributed by atoms with Crippen LogP contribution in [0.2, 0.25) is 0 Å². The third kappa shape index (κ3) is 7.56. The first kappa shape index (κ1) is 18.1. The topological polar surface area (TPSA) is 37.3 Å². The summed E-state index contributed by atoms with van der Waals surface area (Å²) in [5.74, 6) is -0.714. The predicted molar refractivity (Wildman–Crippen MR) is 54.0 cm³/mol. The Bertz CT molecular complexity index is 309. The van der Waals surface area contributed by atoms with Crippen LogP contribution in [-0.4, -0.2) is 11.1 Å². The Kier molecular flexibility index (Phi) is 11.9. The average Bonchev–Trinajstić information content (AvgIpc) is 2.08. The van der Waals surface area contributed by atoms with E-state index in [2.05, 4.69) is 19.1 Å². The Balaban J connectivity index is -0.000000211. The fourth-order valence-electron chi connectivity index (χ4n) is 1.32. The van der Waals surface area contributed by atoms with E-state index in [1.807, 2.05) is 12.1 Å². The van der Waals surface area contributed by atoms with Gasteiger partial charge in [-0.05, 0) is 30.9 Å². The molecular formula is C11H16Na2O2. The van der Waals surface area contributed by atoms with Crippen molar-refractivity contribution in [2.45, 2.75) is 26.2 Å². The van der Waals surface area contributed by atoms with Crippen molar-refractivity contribution >= 4 is 5.97 Å². The van der Waals surface area contributed by atoms with Gasteiger partial charge in [0.1, 0.15) is 0 Å². The second-order valence-electron chi connectivity index (χ2n) is 3.17. The third-order valence-corrected chi connectivity index (χ3v) is 2.10. The monoisotopic (exact) mass is 226 g/mol. The maximum absolute atomic E-state index is 10.3. The van der Waals surface area contributed by atoms with Gasteiger partial charge in [0.15, 0.2) is 0 Å². The molecule has 0 unspecified atom stereocenters. The van der Waals surface area contributed by atoms with E-state index in [0.717, 1.165) is 12.8 Å². The van der Waals surface area contributed by atoms with Crippen molar-refractivity contribution in [2.75, 3.05) is 0 Å². The molecule has 15 heavy (non-hydrogen) atoms. The Morgan fingerprint density at radius 1 is 1.33 bits per heavy atom. The molecule has 4 heteroatoms. The van der Waals surface area contributed by atoms with Crippen LogP contribution in [0.3, 0.4) is 0 Å². The molecule has 1 aromatic carbocycles. The molecule has 2 nitrogen and oxygen atoms in total. The summed E-state index contributed by atoms with van der Waals surface area (Å²) in [5, 5.41) is 8.46. The number of carbonyl (C=O) groups is 1. The summed E-state index contributed by atoms with van der Waals surface area (Å²) in [6, 6.07) is 8.09. The van der Waals surface area contributed by atoms with Gasteiger partial charge in [-0.1, -0.05) is 24.3 Å². The molecule has 0 heterocycles. The fraction of sp³-hybridized carbons (Fsp3) is 0.364. The van der Waals surface area contributed by atoms with Crippen LogP contribution in [0, 0.1) is 6.92 Å². The van der Waals surface area contributed by atoms with Crippen LogP contribution in [-0.2, 0) is 11.2 Å². The summed E-state index contributed by atoms with van der Waals surface area (Å²) >= 11 is 0. The Morgan fingerprint density at radius 3 is 2.47 bits per heavy atom. The third-order valence-electron chi connectivity index (χ3n) is 2.10. The SMILES string of the molecule is Cc1ccccc1CCCC(=O)O.[H-].[H-].[Na+].[Na+]. The minimum atomic E-state index is -0.714. The van der Waals surface area contributed by atoms with Gasteiger partial charge in [0.05, 0.1) is 0 Å². The summed E-state index contributed by atoms with van der Waals surface area (Å²) < 4.78 is 0. The van der Waals surface area contributed by atoms with Crippen LogP contribution < -0.4 is 59.1 Å². The average molecular weight is 226 g/mol. The minimum Gasteiger partial charge on any atom is -1.00 e. The van der Waals surface area contributed by atoms with E-state index in [1.54, 1.807) is 0 Å². The van der Waals surface area contributed by atoms with Gasteiger partial charge in [-0.3, -0.25) is 4.79 Å². The van der Waals surface area contributed by atoms with Crippen molar-refractivity contribution < 1.29 is 71.9 Å². The number of aryl methyl sites for hydroxylation is 2. The molecule has 1 N–H and O–H groups in total. The standard InChI is InChI=1S/C11H14O2.2Na.2H/c1-9-5-2-3-6-10(9)7-4-8-11(12)13;;;;/h2-3,5-6H,4,7-8H2,1H3,(H,12,13);;;;/q;2*+1;2*-1. The van der Waals surface area contributed by atoms with Gasteiger partial charge in [0.25, 0.3) is 0 Å². The quantitative estimate of drug-likeness (QED) is 0.544. The van der Waals surface area contributed by atoms with Crippen LogP contribution >= 0.6 is 0 Å². The smallest absolute Gasteiger partial charge is 1.00 e. The van der Waals surface area contributed by atoms with Gasteiger partial charge < -0.3 is 7.96 Å². The molecule has 0 spiro atoms. The molecular weight excluding hydrogens is 210 g/mol. The first-order valence-corrected chi connectivity index (χ1v) is 4.46. The molecule has 0 saturated heterocycles. The summed E-state index contributed by atoms with van der Waals surface area (Å²) in [6.45, 7) is 2.05. The fourth-order valence-corrected chi connectivity index (χ4v) is 1.32.